The Hall–Kier alpha value is -2.05. The van der Waals surface area contributed by atoms with E-state index in [1.54, 1.807) is 24.8 Å². The number of ether oxygens (including phenoxy) is 1. The zero-order valence-electron chi connectivity index (χ0n) is 15.4. The third-order valence-electron chi connectivity index (χ3n) is 3.72. The zero-order valence-corrected chi connectivity index (χ0v) is 15.4. The van der Waals surface area contributed by atoms with Crippen LogP contribution in [0.1, 0.15) is 47.5 Å². The molecule has 7 nitrogen and oxygen atoms in total. The number of carbonyl (C=O) groups is 3. The molecule has 0 aliphatic carbocycles. The van der Waals surface area contributed by atoms with Crippen LogP contribution < -0.4 is 10.6 Å². The summed E-state index contributed by atoms with van der Waals surface area (Å²) in [6.07, 6.45) is 3.05. The number of nitrogens with zero attached hydrogens (tertiary/aromatic N) is 1. The molecule has 0 spiro atoms. The molecule has 0 aromatic carbocycles. The second-order valence-electron chi connectivity index (χ2n) is 7.04. The third kappa shape index (κ3) is 5.86. The standard InChI is InChI=1S/C17H29N3O4/c1-11(14(21)19-12(2)15(22)18-6)10-13-8-7-9-20(13)16(23)24-17(3,4)5/h10,12-13H,7-9H2,1-6H3,(H,18,22)(H,19,21)/b11-10-/t12-,13-/m0/s1. The molecule has 7 heteroatoms. The van der Waals surface area contributed by atoms with E-state index in [-0.39, 0.29) is 23.9 Å². The smallest absolute Gasteiger partial charge is 0.410 e. The molecule has 3 amide bonds. The Morgan fingerprint density at radius 2 is 1.92 bits per heavy atom. The van der Waals surface area contributed by atoms with Gasteiger partial charge in [0.25, 0.3) is 0 Å². The van der Waals surface area contributed by atoms with Gasteiger partial charge in [0.05, 0.1) is 6.04 Å². The largest absolute Gasteiger partial charge is 0.444 e. The maximum Gasteiger partial charge on any atom is 0.410 e. The SMILES string of the molecule is CNC(=O)[C@H](C)NC(=O)/C(C)=C\[C@@H]1CCCN1C(=O)OC(C)(C)C. The highest BCUT2D eigenvalue weighted by Gasteiger charge is 2.31. The van der Waals surface area contributed by atoms with E-state index in [9.17, 15) is 14.4 Å². The molecule has 0 bridgehead atoms. The molecule has 1 rings (SSSR count). The first-order valence-corrected chi connectivity index (χ1v) is 8.25. The normalized spacial score (nSPS) is 19.7. The van der Waals surface area contributed by atoms with Crippen LogP contribution in [0.3, 0.4) is 0 Å². The van der Waals surface area contributed by atoms with Crippen molar-refractivity contribution in [3.63, 3.8) is 0 Å². The summed E-state index contributed by atoms with van der Waals surface area (Å²) < 4.78 is 5.41. The van der Waals surface area contributed by atoms with E-state index < -0.39 is 11.6 Å². The van der Waals surface area contributed by atoms with Crippen LogP contribution in [0.25, 0.3) is 0 Å². The molecule has 24 heavy (non-hydrogen) atoms. The fraction of sp³-hybridized carbons (Fsp3) is 0.706. The fourth-order valence-electron chi connectivity index (χ4n) is 2.47. The van der Waals surface area contributed by atoms with Gasteiger partial charge in [-0.15, -0.1) is 0 Å². The van der Waals surface area contributed by atoms with Gasteiger partial charge in [-0.2, -0.15) is 0 Å². The Morgan fingerprint density at radius 1 is 1.29 bits per heavy atom. The minimum atomic E-state index is -0.614. The lowest BCUT2D eigenvalue weighted by molar-refractivity contribution is -0.126. The molecular weight excluding hydrogens is 310 g/mol. The first-order valence-electron chi connectivity index (χ1n) is 8.25. The van der Waals surface area contributed by atoms with Crippen LogP contribution in [-0.4, -0.2) is 54.1 Å². The molecular formula is C17H29N3O4. The molecule has 0 radical (unpaired) electrons. The van der Waals surface area contributed by atoms with E-state index in [1.165, 1.54) is 7.05 Å². The van der Waals surface area contributed by atoms with Gasteiger partial charge in [-0.3, -0.25) is 9.59 Å². The summed E-state index contributed by atoms with van der Waals surface area (Å²) in [6, 6.07) is -0.780. The zero-order chi connectivity index (χ0) is 18.5. The summed E-state index contributed by atoms with van der Waals surface area (Å²) in [5.74, 6) is -0.575. The van der Waals surface area contributed by atoms with Crippen molar-refractivity contribution >= 4 is 17.9 Å². The van der Waals surface area contributed by atoms with Crippen molar-refractivity contribution in [2.24, 2.45) is 0 Å². The van der Waals surface area contributed by atoms with E-state index in [0.29, 0.717) is 12.1 Å². The van der Waals surface area contributed by atoms with Crippen LogP contribution in [0.2, 0.25) is 0 Å². The molecule has 0 saturated carbocycles. The minimum absolute atomic E-state index is 0.166. The number of amides is 3. The van der Waals surface area contributed by atoms with E-state index in [0.717, 1.165) is 12.8 Å². The number of nitrogens with one attached hydrogen (secondary N) is 2. The van der Waals surface area contributed by atoms with Crippen molar-refractivity contribution < 1.29 is 19.1 Å². The van der Waals surface area contributed by atoms with Gasteiger partial charge >= 0.3 is 6.09 Å². The Balaban J connectivity index is 2.73. The molecule has 1 fully saturated rings. The summed E-state index contributed by atoms with van der Waals surface area (Å²) >= 11 is 0. The van der Waals surface area contributed by atoms with Crippen molar-refractivity contribution in [2.75, 3.05) is 13.6 Å². The number of hydrogen-bond acceptors (Lipinski definition) is 4. The van der Waals surface area contributed by atoms with E-state index in [4.69, 9.17) is 4.74 Å². The Morgan fingerprint density at radius 3 is 2.46 bits per heavy atom. The molecule has 1 saturated heterocycles. The van der Waals surface area contributed by atoms with Gasteiger partial charge < -0.3 is 20.3 Å². The summed E-state index contributed by atoms with van der Waals surface area (Å²) in [5.41, 5.74) is -0.0743. The monoisotopic (exact) mass is 339 g/mol. The highest BCUT2D eigenvalue weighted by Crippen LogP contribution is 2.22. The van der Waals surface area contributed by atoms with Crippen LogP contribution >= 0.6 is 0 Å². The maximum absolute atomic E-state index is 12.2. The van der Waals surface area contributed by atoms with Crippen LogP contribution in [0.5, 0.6) is 0 Å². The van der Waals surface area contributed by atoms with Gasteiger partial charge in [0.2, 0.25) is 11.8 Å². The molecule has 2 N–H and O–H groups in total. The lowest BCUT2D eigenvalue weighted by Crippen LogP contribution is -2.44. The topological polar surface area (TPSA) is 87.7 Å². The summed E-state index contributed by atoms with van der Waals surface area (Å²) in [7, 11) is 1.52. The molecule has 0 unspecified atom stereocenters. The van der Waals surface area contributed by atoms with Crippen LogP contribution in [0.15, 0.2) is 11.6 Å². The lowest BCUT2D eigenvalue weighted by atomic mass is 10.1. The predicted octanol–water partition coefficient (Wildman–Crippen LogP) is 1.58. The van der Waals surface area contributed by atoms with Crippen LogP contribution in [0.4, 0.5) is 4.79 Å². The molecule has 2 atom stereocenters. The van der Waals surface area contributed by atoms with Crippen LogP contribution in [-0.2, 0) is 14.3 Å². The quantitative estimate of drug-likeness (QED) is 0.761. The second kappa shape index (κ2) is 8.17. The van der Waals surface area contributed by atoms with Crippen LogP contribution in [0, 0.1) is 0 Å². The number of likely N-dealkylation sites (N-methyl/N-ethyl adjacent to an activating group) is 1. The summed E-state index contributed by atoms with van der Waals surface area (Å²) in [5, 5.41) is 5.12. The molecule has 1 aliphatic rings. The molecule has 0 aromatic rings. The Labute approximate surface area is 143 Å². The van der Waals surface area contributed by atoms with Gasteiger partial charge in [-0.25, -0.2) is 4.79 Å². The second-order valence-corrected chi connectivity index (χ2v) is 7.04. The third-order valence-corrected chi connectivity index (χ3v) is 3.72. The highest BCUT2D eigenvalue weighted by molar-refractivity contribution is 5.96. The lowest BCUT2D eigenvalue weighted by Gasteiger charge is -2.27. The number of hydrogen-bond donors (Lipinski definition) is 2. The molecule has 0 aromatic heterocycles. The Bertz CT molecular complexity index is 522. The van der Waals surface area contributed by atoms with Gasteiger partial charge in [0, 0.05) is 19.2 Å². The summed E-state index contributed by atoms with van der Waals surface area (Å²) in [4.78, 5) is 37.5. The molecule has 1 heterocycles. The van der Waals surface area contributed by atoms with E-state index >= 15 is 0 Å². The first kappa shape index (κ1) is 20.0. The molecule has 1 aliphatic heterocycles. The minimum Gasteiger partial charge on any atom is -0.444 e. The van der Waals surface area contributed by atoms with Crippen molar-refractivity contribution in [2.45, 2.75) is 65.1 Å². The van der Waals surface area contributed by atoms with Crippen molar-refractivity contribution in [1.29, 1.82) is 0 Å². The summed E-state index contributed by atoms with van der Waals surface area (Å²) in [6.45, 7) is 9.38. The highest BCUT2D eigenvalue weighted by atomic mass is 16.6. The average Bonchev–Trinajstić information content (AvgIpc) is 2.92. The van der Waals surface area contributed by atoms with Crippen molar-refractivity contribution in [3.8, 4) is 0 Å². The average molecular weight is 339 g/mol. The van der Waals surface area contributed by atoms with Gasteiger partial charge in [-0.05, 0) is 47.5 Å². The van der Waals surface area contributed by atoms with E-state index in [1.807, 2.05) is 20.8 Å². The number of likely N-dealkylation sites (tertiary alicyclic amines) is 1. The number of rotatable bonds is 4. The predicted molar refractivity (Wildman–Crippen MR) is 91.4 cm³/mol. The maximum atomic E-state index is 12.2. The van der Waals surface area contributed by atoms with Crippen molar-refractivity contribution in [1.82, 2.24) is 15.5 Å². The number of carbonyl (C=O) groups excluding carboxylic acids is 3. The van der Waals surface area contributed by atoms with Gasteiger partial charge in [-0.1, -0.05) is 6.08 Å². The Kier molecular flexibility index (Phi) is 6.81. The first-order chi connectivity index (χ1) is 11.0. The fourth-order valence-corrected chi connectivity index (χ4v) is 2.47. The van der Waals surface area contributed by atoms with E-state index in [2.05, 4.69) is 10.6 Å². The van der Waals surface area contributed by atoms with Gasteiger partial charge in [0.1, 0.15) is 11.6 Å². The van der Waals surface area contributed by atoms with Crippen molar-refractivity contribution in [3.05, 3.63) is 11.6 Å². The molecule has 136 valence electrons. The van der Waals surface area contributed by atoms with Gasteiger partial charge in [0.15, 0.2) is 0 Å².